The van der Waals surface area contributed by atoms with E-state index in [9.17, 15) is 0 Å². The third kappa shape index (κ3) is 4.78. The lowest BCUT2D eigenvalue weighted by Crippen LogP contribution is -2.41. The highest BCUT2D eigenvalue weighted by atomic mass is 16.7. The van der Waals surface area contributed by atoms with Crippen LogP contribution in [0.15, 0.2) is 18.5 Å². The lowest BCUT2D eigenvalue weighted by molar-refractivity contribution is -0.139. The van der Waals surface area contributed by atoms with Crippen LogP contribution in [0.4, 0.5) is 0 Å². The third-order valence-electron chi connectivity index (χ3n) is 3.22. The van der Waals surface area contributed by atoms with Gasteiger partial charge >= 0.3 is 7.12 Å². The second-order valence-corrected chi connectivity index (χ2v) is 6.57. The van der Waals surface area contributed by atoms with Gasteiger partial charge in [0.25, 0.3) is 0 Å². The van der Waals surface area contributed by atoms with Gasteiger partial charge in [0.05, 0.1) is 6.61 Å². The zero-order valence-corrected chi connectivity index (χ0v) is 14.3. The summed E-state index contributed by atoms with van der Waals surface area (Å²) in [5.41, 5.74) is 1.88. The van der Waals surface area contributed by atoms with Crippen molar-refractivity contribution < 1.29 is 18.8 Å². The van der Waals surface area contributed by atoms with Gasteiger partial charge in [0, 0.05) is 35.6 Å². The topological polar surface area (TPSA) is 49.8 Å². The van der Waals surface area contributed by atoms with Crippen LogP contribution in [0.5, 0.6) is 0 Å². The van der Waals surface area contributed by atoms with Crippen molar-refractivity contribution in [3.63, 3.8) is 0 Å². The summed E-state index contributed by atoms with van der Waals surface area (Å²) in [5, 5.41) is 0. The normalized spacial score (nSPS) is 20.8. The molecule has 6 heteroatoms. The van der Waals surface area contributed by atoms with Crippen LogP contribution < -0.4 is 5.46 Å². The van der Waals surface area contributed by atoms with Crippen LogP contribution in [0.2, 0.25) is 0 Å². The second-order valence-electron chi connectivity index (χ2n) is 6.57. The summed E-state index contributed by atoms with van der Waals surface area (Å²) in [6.07, 6.45) is 3.61. The number of ether oxygens (including phenoxy) is 2. The molecular weight excluding hydrogens is 281 g/mol. The predicted octanol–water partition coefficient (Wildman–Crippen LogP) is 2.45. The van der Waals surface area contributed by atoms with Crippen LogP contribution in [-0.2, 0) is 18.8 Å². The van der Waals surface area contributed by atoms with Gasteiger partial charge in [-0.25, -0.2) is 0 Å². The maximum absolute atomic E-state index is 5.89. The molecule has 1 aliphatic heterocycles. The smallest absolute Gasteiger partial charge is 0.405 e. The highest BCUT2D eigenvalue weighted by molar-refractivity contribution is 6.61. The van der Waals surface area contributed by atoms with Crippen LogP contribution in [0, 0.1) is 0 Å². The van der Waals surface area contributed by atoms with E-state index in [0.717, 1.165) is 11.0 Å². The molecule has 0 aromatic carbocycles. The van der Waals surface area contributed by atoms with Crippen LogP contribution >= 0.6 is 0 Å². The quantitative estimate of drug-likeness (QED) is 0.756. The molecule has 0 aliphatic carbocycles. The summed E-state index contributed by atoms with van der Waals surface area (Å²) in [6, 6.07) is 2.03. The maximum atomic E-state index is 5.89. The zero-order chi connectivity index (χ0) is 16.3. The molecule has 2 heterocycles. The molecule has 0 N–H and O–H groups in total. The molecule has 1 aromatic heterocycles. The Hall–Kier alpha value is -0.945. The minimum Gasteiger partial charge on any atom is -0.405 e. The first kappa shape index (κ1) is 17.4. The molecule has 1 fully saturated rings. The van der Waals surface area contributed by atoms with Crippen molar-refractivity contribution in [1.82, 2.24) is 4.98 Å². The van der Waals surface area contributed by atoms with Gasteiger partial charge in [0.2, 0.25) is 0 Å². The van der Waals surface area contributed by atoms with E-state index in [1.165, 1.54) is 0 Å². The number of aromatic nitrogens is 1. The molecule has 1 saturated heterocycles. The van der Waals surface area contributed by atoms with E-state index in [1.807, 2.05) is 47.6 Å². The van der Waals surface area contributed by atoms with Gasteiger partial charge in [-0.2, -0.15) is 0 Å². The molecule has 22 heavy (non-hydrogen) atoms. The Morgan fingerprint density at radius 1 is 1.18 bits per heavy atom. The summed E-state index contributed by atoms with van der Waals surface area (Å²) >= 11 is 0. The highest BCUT2D eigenvalue weighted by Crippen LogP contribution is 2.32. The summed E-state index contributed by atoms with van der Waals surface area (Å²) in [7, 11) is -0.428. The van der Waals surface area contributed by atoms with Gasteiger partial charge in [-0.1, -0.05) is 6.07 Å². The summed E-state index contributed by atoms with van der Waals surface area (Å²) in [4.78, 5) is 4.32. The van der Waals surface area contributed by atoms with E-state index in [-0.39, 0.29) is 18.3 Å². The number of hydrogen-bond acceptors (Lipinski definition) is 5. The van der Waals surface area contributed by atoms with E-state index < -0.39 is 12.9 Å². The SMILES string of the molecule is CC(C)OB(OC(C)C)c1cncc(C2COC(C)(C)O2)c1. The fourth-order valence-corrected chi connectivity index (χ4v) is 2.32. The molecule has 0 saturated carbocycles. The van der Waals surface area contributed by atoms with Gasteiger partial charge in [-0.3, -0.25) is 4.98 Å². The van der Waals surface area contributed by atoms with Gasteiger partial charge in [0.1, 0.15) is 6.10 Å². The van der Waals surface area contributed by atoms with Crippen molar-refractivity contribution in [2.75, 3.05) is 6.61 Å². The molecule has 1 atom stereocenters. The summed E-state index contributed by atoms with van der Waals surface area (Å²) in [6.45, 7) is 12.3. The standard InChI is InChI=1S/C16H26BNO4/c1-11(2)21-17(22-12(3)4)14-7-13(8-18-9-14)15-10-19-16(5,6)20-15/h7-9,11-12,15H,10H2,1-6H3. The fraction of sp³-hybridized carbons (Fsp3) is 0.688. The first-order valence-electron chi connectivity index (χ1n) is 7.84. The molecule has 5 nitrogen and oxygen atoms in total. The van der Waals surface area contributed by atoms with E-state index in [2.05, 4.69) is 4.98 Å². The van der Waals surface area contributed by atoms with Crippen LogP contribution in [-0.4, -0.2) is 36.7 Å². The monoisotopic (exact) mass is 307 g/mol. The van der Waals surface area contributed by atoms with Gasteiger partial charge in [-0.05, 0) is 41.5 Å². The third-order valence-corrected chi connectivity index (χ3v) is 3.22. The molecular formula is C16H26BNO4. The molecule has 0 spiro atoms. The Kier molecular flexibility index (Phi) is 5.61. The number of nitrogens with zero attached hydrogens (tertiary/aromatic N) is 1. The minimum atomic E-state index is -0.553. The highest BCUT2D eigenvalue weighted by Gasteiger charge is 2.34. The molecule has 0 bridgehead atoms. The summed E-state index contributed by atoms with van der Waals surface area (Å²) in [5.74, 6) is -0.553. The van der Waals surface area contributed by atoms with Crippen molar-refractivity contribution in [2.24, 2.45) is 0 Å². The van der Waals surface area contributed by atoms with E-state index in [1.54, 1.807) is 12.4 Å². The zero-order valence-electron chi connectivity index (χ0n) is 14.3. The molecule has 0 radical (unpaired) electrons. The largest absolute Gasteiger partial charge is 0.495 e. The molecule has 1 unspecified atom stereocenters. The molecule has 0 amide bonds. The first-order valence-corrected chi connectivity index (χ1v) is 7.84. The Bertz CT molecular complexity index is 483. The molecule has 1 aromatic rings. The maximum Gasteiger partial charge on any atom is 0.495 e. The van der Waals surface area contributed by atoms with Crippen LogP contribution in [0.3, 0.4) is 0 Å². The Labute approximate surface area is 133 Å². The van der Waals surface area contributed by atoms with E-state index in [4.69, 9.17) is 18.8 Å². The molecule has 1 aliphatic rings. The van der Waals surface area contributed by atoms with Gasteiger partial charge in [0.15, 0.2) is 5.79 Å². The van der Waals surface area contributed by atoms with Gasteiger partial charge in [-0.15, -0.1) is 0 Å². The predicted molar refractivity (Wildman–Crippen MR) is 85.9 cm³/mol. The fourth-order valence-electron chi connectivity index (χ4n) is 2.32. The average molecular weight is 307 g/mol. The summed E-state index contributed by atoms with van der Waals surface area (Å²) < 4.78 is 23.3. The Balaban J connectivity index is 2.18. The molecule has 2 rings (SSSR count). The number of hydrogen-bond donors (Lipinski definition) is 0. The Morgan fingerprint density at radius 3 is 2.32 bits per heavy atom. The molecule has 122 valence electrons. The van der Waals surface area contributed by atoms with Crippen LogP contribution in [0.25, 0.3) is 0 Å². The van der Waals surface area contributed by atoms with Crippen molar-refractivity contribution in [3.8, 4) is 0 Å². The second kappa shape index (κ2) is 7.09. The van der Waals surface area contributed by atoms with Crippen molar-refractivity contribution in [3.05, 3.63) is 24.0 Å². The Morgan fingerprint density at radius 2 is 1.82 bits per heavy atom. The van der Waals surface area contributed by atoms with E-state index in [0.29, 0.717) is 6.61 Å². The minimum absolute atomic E-state index is 0.0670. The van der Waals surface area contributed by atoms with Crippen molar-refractivity contribution >= 4 is 12.6 Å². The average Bonchev–Trinajstić information content (AvgIpc) is 2.77. The van der Waals surface area contributed by atoms with Crippen LogP contribution in [0.1, 0.15) is 53.2 Å². The number of pyridine rings is 1. The lowest BCUT2D eigenvalue weighted by atomic mass is 9.78. The first-order chi connectivity index (χ1) is 10.3. The number of rotatable bonds is 6. The van der Waals surface area contributed by atoms with Crippen molar-refractivity contribution in [1.29, 1.82) is 0 Å². The van der Waals surface area contributed by atoms with Crippen molar-refractivity contribution in [2.45, 2.75) is 65.6 Å². The van der Waals surface area contributed by atoms with Gasteiger partial charge < -0.3 is 18.8 Å². The van der Waals surface area contributed by atoms with E-state index >= 15 is 0 Å². The lowest BCUT2D eigenvalue weighted by Gasteiger charge is -2.21.